The van der Waals surface area contributed by atoms with E-state index in [4.69, 9.17) is 4.74 Å². The average Bonchev–Trinajstić information content (AvgIpc) is 2.79. The van der Waals surface area contributed by atoms with Crippen LogP contribution in [-0.2, 0) is 20.7 Å². The molecule has 208 valence electrons. The van der Waals surface area contributed by atoms with Crippen molar-refractivity contribution < 1.29 is 24.2 Å². The molecule has 0 spiro atoms. The van der Waals surface area contributed by atoms with E-state index in [2.05, 4.69) is 10.6 Å². The summed E-state index contributed by atoms with van der Waals surface area (Å²) in [7, 11) is 0. The van der Waals surface area contributed by atoms with Crippen LogP contribution in [0.2, 0.25) is 0 Å². The number of benzene rings is 2. The van der Waals surface area contributed by atoms with Gasteiger partial charge in [-0.15, -0.1) is 0 Å². The average molecular weight is 526 g/mol. The number of rotatable bonds is 10. The van der Waals surface area contributed by atoms with Gasteiger partial charge in [0.15, 0.2) is 0 Å². The SMILES string of the molecule is CCCN(C(=O)C(Cc1ccc(O)cc1)NC(=O)OC(C)(C)C)C(C(=O)NC(C)C)c1c(C)cccc1C. The predicted octanol–water partition coefficient (Wildman–Crippen LogP) is 4.95. The summed E-state index contributed by atoms with van der Waals surface area (Å²) in [6.07, 6.45) is 0.0472. The summed E-state index contributed by atoms with van der Waals surface area (Å²) in [5.41, 5.74) is 2.56. The number of aromatic hydroxyl groups is 1. The Labute approximate surface area is 226 Å². The zero-order chi connectivity index (χ0) is 28.6. The van der Waals surface area contributed by atoms with E-state index in [1.54, 1.807) is 37.8 Å². The smallest absolute Gasteiger partial charge is 0.408 e. The van der Waals surface area contributed by atoms with E-state index in [0.29, 0.717) is 13.0 Å². The quantitative estimate of drug-likeness (QED) is 0.407. The molecule has 0 aliphatic rings. The molecule has 2 unspecified atom stereocenters. The highest BCUT2D eigenvalue weighted by molar-refractivity contribution is 5.92. The molecular weight excluding hydrogens is 482 g/mol. The molecule has 0 bridgehead atoms. The third-order valence-electron chi connectivity index (χ3n) is 5.92. The second kappa shape index (κ2) is 13.3. The van der Waals surface area contributed by atoms with Gasteiger partial charge in [-0.2, -0.15) is 0 Å². The summed E-state index contributed by atoms with van der Waals surface area (Å²) >= 11 is 0. The molecule has 0 saturated heterocycles. The number of hydrogen-bond acceptors (Lipinski definition) is 5. The Kier molecular flexibility index (Phi) is 10.7. The molecule has 8 nitrogen and oxygen atoms in total. The Hall–Kier alpha value is -3.55. The van der Waals surface area contributed by atoms with Crippen molar-refractivity contribution in [1.29, 1.82) is 0 Å². The largest absolute Gasteiger partial charge is 0.508 e. The summed E-state index contributed by atoms with van der Waals surface area (Å²) in [4.78, 5) is 42.3. The Bertz CT molecular complexity index is 1090. The summed E-state index contributed by atoms with van der Waals surface area (Å²) in [6.45, 7) is 15.1. The maximum absolute atomic E-state index is 14.3. The molecule has 2 atom stereocenters. The lowest BCUT2D eigenvalue weighted by Crippen LogP contribution is -2.54. The molecule has 2 aromatic rings. The Morgan fingerprint density at radius 2 is 1.55 bits per heavy atom. The fourth-order valence-corrected chi connectivity index (χ4v) is 4.38. The van der Waals surface area contributed by atoms with E-state index in [9.17, 15) is 19.5 Å². The van der Waals surface area contributed by atoms with E-state index >= 15 is 0 Å². The minimum Gasteiger partial charge on any atom is -0.508 e. The molecule has 0 fully saturated rings. The molecule has 3 amide bonds. The fraction of sp³-hybridized carbons (Fsp3) is 0.500. The first-order chi connectivity index (χ1) is 17.7. The normalized spacial score (nSPS) is 13.0. The van der Waals surface area contributed by atoms with Gasteiger partial charge in [-0.1, -0.05) is 37.3 Å². The number of aryl methyl sites for hydroxylation is 2. The van der Waals surface area contributed by atoms with Crippen molar-refractivity contribution in [3.63, 3.8) is 0 Å². The van der Waals surface area contributed by atoms with Crippen LogP contribution in [0.15, 0.2) is 42.5 Å². The van der Waals surface area contributed by atoms with Gasteiger partial charge in [-0.3, -0.25) is 9.59 Å². The zero-order valence-corrected chi connectivity index (χ0v) is 23.9. The van der Waals surface area contributed by atoms with Gasteiger partial charge >= 0.3 is 6.09 Å². The van der Waals surface area contributed by atoms with Crippen molar-refractivity contribution in [2.24, 2.45) is 0 Å². The molecule has 0 radical (unpaired) electrons. The van der Waals surface area contributed by atoms with Gasteiger partial charge in [0.05, 0.1) is 0 Å². The lowest BCUT2D eigenvalue weighted by atomic mass is 9.93. The molecule has 8 heteroatoms. The van der Waals surface area contributed by atoms with E-state index in [-0.39, 0.29) is 24.1 Å². The number of nitrogens with zero attached hydrogens (tertiary/aromatic N) is 1. The third-order valence-corrected chi connectivity index (χ3v) is 5.92. The van der Waals surface area contributed by atoms with Crippen LogP contribution in [0.25, 0.3) is 0 Å². The van der Waals surface area contributed by atoms with Crippen molar-refractivity contribution in [2.45, 2.75) is 92.0 Å². The lowest BCUT2D eigenvalue weighted by Gasteiger charge is -2.36. The highest BCUT2D eigenvalue weighted by Gasteiger charge is 2.37. The number of hydrogen-bond donors (Lipinski definition) is 3. The number of phenolic OH excluding ortho intramolecular Hbond substituents is 1. The molecule has 0 saturated carbocycles. The van der Waals surface area contributed by atoms with E-state index in [0.717, 1.165) is 22.3 Å². The van der Waals surface area contributed by atoms with E-state index in [1.165, 1.54) is 12.1 Å². The van der Waals surface area contributed by atoms with Gasteiger partial charge < -0.3 is 25.4 Å². The van der Waals surface area contributed by atoms with Gasteiger partial charge in [0.25, 0.3) is 0 Å². The van der Waals surface area contributed by atoms with Crippen LogP contribution < -0.4 is 10.6 Å². The molecule has 0 aromatic heterocycles. The predicted molar refractivity (Wildman–Crippen MR) is 149 cm³/mol. The van der Waals surface area contributed by atoms with Crippen molar-refractivity contribution in [3.05, 3.63) is 64.7 Å². The molecular formula is C30H43N3O5. The Morgan fingerprint density at radius 3 is 2.05 bits per heavy atom. The molecule has 3 N–H and O–H groups in total. The third kappa shape index (κ3) is 8.78. The fourth-order valence-electron chi connectivity index (χ4n) is 4.38. The van der Waals surface area contributed by atoms with Crippen LogP contribution in [0.1, 0.15) is 76.3 Å². The van der Waals surface area contributed by atoms with Crippen LogP contribution in [-0.4, -0.2) is 52.1 Å². The summed E-state index contributed by atoms with van der Waals surface area (Å²) < 4.78 is 5.46. The van der Waals surface area contributed by atoms with Gasteiger partial charge in [0, 0.05) is 19.0 Å². The maximum Gasteiger partial charge on any atom is 0.408 e. The highest BCUT2D eigenvalue weighted by Crippen LogP contribution is 2.29. The number of ether oxygens (including phenoxy) is 1. The zero-order valence-electron chi connectivity index (χ0n) is 23.9. The van der Waals surface area contributed by atoms with E-state index in [1.807, 2.05) is 52.8 Å². The monoisotopic (exact) mass is 525 g/mol. The summed E-state index contributed by atoms with van der Waals surface area (Å²) in [6, 6.07) is 10.2. The molecule has 38 heavy (non-hydrogen) atoms. The summed E-state index contributed by atoms with van der Waals surface area (Å²) in [5.74, 6) is -0.568. The van der Waals surface area contributed by atoms with Gasteiger partial charge in [-0.25, -0.2) is 4.79 Å². The maximum atomic E-state index is 14.3. The van der Waals surface area contributed by atoms with Crippen LogP contribution in [0, 0.1) is 13.8 Å². The van der Waals surface area contributed by atoms with Crippen LogP contribution >= 0.6 is 0 Å². The molecule has 0 aliphatic heterocycles. The van der Waals surface area contributed by atoms with Gasteiger partial charge in [0.2, 0.25) is 11.8 Å². The minimum absolute atomic E-state index is 0.102. The first-order valence-corrected chi connectivity index (χ1v) is 13.2. The van der Waals surface area contributed by atoms with Crippen LogP contribution in [0.3, 0.4) is 0 Å². The molecule has 0 aliphatic carbocycles. The summed E-state index contributed by atoms with van der Waals surface area (Å²) in [5, 5.41) is 15.4. The number of carbonyl (C=O) groups is 3. The first kappa shape index (κ1) is 30.7. The minimum atomic E-state index is -1.00. The van der Waals surface area contributed by atoms with Gasteiger partial charge in [0.1, 0.15) is 23.4 Å². The van der Waals surface area contributed by atoms with Gasteiger partial charge in [-0.05, 0) is 89.3 Å². The molecule has 2 aromatic carbocycles. The topological polar surface area (TPSA) is 108 Å². The second-order valence-corrected chi connectivity index (χ2v) is 11.0. The number of carbonyl (C=O) groups excluding carboxylic acids is 3. The standard InChI is InChI=1S/C30H43N3O5/c1-9-17-33(26(27(35)31-19(2)3)25-20(4)11-10-12-21(25)5)28(36)24(32-29(37)38-30(6,7)8)18-22-13-15-23(34)16-14-22/h10-16,19,24,26,34H,9,17-18H2,1-8H3,(H,31,35)(H,32,37). The number of amides is 3. The van der Waals surface area contributed by atoms with Crippen molar-refractivity contribution >= 4 is 17.9 Å². The Balaban J connectivity index is 2.58. The van der Waals surface area contributed by atoms with Crippen molar-refractivity contribution in [2.75, 3.05) is 6.54 Å². The highest BCUT2D eigenvalue weighted by atomic mass is 16.6. The number of phenols is 1. The second-order valence-electron chi connectivity index (χ2n) is 11.0. The number of nitrogens with one attached hydrogen (secondary N) is 2. The van der Waals surface area contributed by atoms with Crippen LogP contribution in [0.4, 0.5) is 4.79 Å². The lowest BCUT2D eigenvalue weighted by molar-refractivity contribution is -0.142. The molecule has 0 heterocycles. The first-order valence-electron chi connectivity index (χ1n) is 13.2. The van der Waals surface area contributed by atoms with E-state index < -0.39 is 29.7 Å². The van der Waals surface area contributed by atoms with Crippen molar-refractivity contribution in [3.8, 4) is 5.75 Å². The van der Waals surface area contributed by atoms with Crippen molar-refractivity contribution in [1.82, 2.24) is 15.5 Å². The Morgan fingerprint density at radius 1 is 0.974 bits per heavy atom. The molecule has 2 rings (SSSR count). The number of alkyl carbamates (subject to hydrolysis) is 1. The van der Waals surface area contributed by atoms with Crippen LogP contribution in [0.5, 0.6) is 5.75 Å².